The molecule has 9 heteroatoms. The second-order valence-corrected chi connectivity index (χ2v) is 7.44. The summed E-state index contributed by atoms with van der Waals surface area (Å²) in [5.74, 6) is -1.97. The second kappa shape index (κ2) is 9.43. The summed E-state index contributed by atoms with van der Waals surface area (Å²) in [6.45, 7) is 0.247. The van der Waals surface area contributed by atoms with Crippen LogP contribution in [0.4, 0.5) is 8.78 Å². The lowest BCUT2D eigenvalue weighted by Gasteiger charge is -2.08. The Morgan fingerprint density at radius 3 is 2.37 bits per heavy atom. The van der Waals surface area contributed by atoms with E-state index in [1.165, 1.54) is 0 Å². The quantitative estimate of drug-likeness (QED) is 0.677. The number of hydrogen-bond acceptors (Lipinski definition) is 4. The number of methoxy groups -OCH3 is 1. The van der Waals surface area contributed by atoms with Crippen LogP contribution in [0.25, 0.3) is 0 Å². The van der Waals surface area contributed by atoms with Gasteiger partial charge >= 0.3 is 0 Å². The number of sulfonamides is 1. The summed E-state index contributed by atoms with van der Waals surface area (Å²) in [7, 11) is -2.43. The summed E-state index contributed by atoms with van der Waals surface area (Å²) in [5.41, 5.74) is 1.02. The average molecular weight is 398 g/mol. The molecule has 6 nitrogen and oxygen atoms in total. The zero-order chi connectivity index (χ0) is 19.9. The van der Waals surface area contributed by atoms with Gasteiger partial charge < -0.3 is 10.1 Å². The lowest BCUT2D eigenvalue weighted by molar-refractivity contribution is -0.120. The number of hydrogen-bond donors (Lipinski definition) is 2. The Hall–Kier alpha value is -2.52. The van der Waals surface area contributed by atoms with E-state index in [4.69, 9.17) is 4.74 Å². The van der Waals surface area contributed by atoms with E-state index >= 15 is 0 Å². The molecule has 0 aliphatic rings. The van der Waals surface area contributed by atoms with Crippen LogP contribution in [0.5, 0.6) is 5.75 Å². The van der Waals surface area contributed by atoms with Gasteiger partial charge in [0, 0.05) is 19.5 Å². The molecular formula is C18H20F2N2O4S. The minimum absolute atomic E-state index is 0.0779. The van der Waals surface area contributed by atoms with Gasteiger partial charge in [-0.2, -0.15) is 0 Å². The fraction of sp³-hybridized carbons (Fsp3) is 0.278. The monoisotopic (exact) mass is 398 g/mol. The van der Waals surface area contributed by atoms with Gasteiger partial charge in [-0.15, -0.1) is 0 Å². The average Bonchev–Trinajstić information content (AvgIpc) is 2.64. The zero-order valence-corrected chi connectivity index (χ0v) is 15.5. The Kier molecular flexibility index (Phi) is 7.26. The van der Waals surface area contributed by atoms with Crippen LogP contribution in [0.2, 0.25) is 0 Å². The van der Waals surface area contributed by atoms with Crippen molar-refractivity contribution < 1.29 is 26.7 Å². The van der Waals surface area contributed by atoms with Crippen molar-refractivity contribution in [3.05, 3.63) is 59.7 Å². The Morgan fingerprint density at radius 2 is 1.74 bits per heavy atom. The molecule has 2 aromatic carbocycles. The third-order valence-corrected chi connectivity index (χ3v) is 5.20. The van der Waals surface area contributed by atoms with Crippen molar-refractivity contribution in [3.8, 4) is 5.75 Å². The Labute approximate surface area is 156 Å². The molecule has 0 heterocycles. The van der Waals surface area contributed by atoms with Crippen LogP contribution >= 0.6 is 0 Å². The lowest BCUT2D eigenvalue weighted by Crippen LogP contribution is -2.31. The molecule has 0 unspecified atom stereocenters. The van der Waals surface area contributed by atoms with Crippen LogP contribution < -0.4 is 14.8 Å². The van der Waals surface area contributed by atoms with E-state index in [2.05, 4.69) is 10.0 Å². The molecule has 0 aliphatic heterocycles. The number of ether oxygens (including phenoxy) is 1. The summed E-state index contributed by atoms with van der Waals surface area (Å²) >= 11 is 0. The van der Waals surface area contributed by atoms with Crippen LogP contribution in [0.1, 0.15) is 12.0 Å². The van der Waals surface area contributed by atoms with Crippen LogP contribution in [0, 0.1) is 11.6 Å². The van der Waals surface area contributed by atoms with E-state index in [9.17, 15) is 22.0 Å². The van der Waals surface area contributed by atoms with E-state index in [0.29, 0.717) is 19.0 Å². The molecule has 0 aromatic heterocycles. The highest BCUT2D eigenvalue weighted by Gasteiger charge is 2.16. The zero-order valence-electron chi connectivity index (χ0n) is 14.7. The SMILES string of the molecule is COc1ccc(CCNC(=O)CCNS(=O)(=O)c2ccc(F)c(F)c2)cc1. The van der Waals surface area contributed by atoms with Crippen LogP contribution in [0.15, 0.2) is 47.4 Å². The van der Waals surface area contributed by atoms with Crippen molar-refractivity contribution in [2.24, 2.45) is 0 Å². The van der Waals surface area contributed by atoms with Crippen molar-refractivity contribution in [1.82, 2.24) is 10.0 Å². The molecule has 2 rings (SSSR count). The second-order valence-electron chi connectivity index (χ2n) is 5.67. The van der Waals surface area contributed by atoms with Gasteiger partial charge in [-0.1, -0.05) is 12.1 Å². The topological polar surface area (TPSA) is 84.5 Å². The smallest absolute Gasteiger partial charge is 0.240 e. The van der Waals surface area contributed by atoms with Gasteiger partial charge in [0.25, 0.3) is 0 Å². The molecule has 0 atom stereocenters. The van der Waals surface area contributed by atoms with Crippen molar-refractivity contribution in [2.45, 2.75) is 17.7 Å². The number of halogens is 2. The minimum atomic E-state index is -4.01. The van der Waals surface area contributed by atoms with Crippen molar-refractivity contribution >= 4 is 15.9 Å². The summed E-state index contributed by atoms with van der Waals surface area (Å²) in [5, 5.41) is 2.69. The predicted octanol–water partition coefficient (Wildman–Crippen LogP) is 2.00. The molecule has 27 heavy (non-hydrogen) atoms. The molecule has 2 N–H and O–H groups in total. The van der Waals surface area contributed by atoms with Crippen LogP contribution in [0.3, 0.4) is 0 Å². The van der Waals surface area contributed by atoms with Gasteiger partial charge in [-0.05, 0) is 42.3 Å². The van der Waals surface area contributed by atoms with Gasteiger partial charge in [-0.3, -0.25) is 4.79 Å². The first-order valence-corrected chi connectivity index (χ1v) is 9.64. The number of rotatable bonds is 9. The normalized spacial score (nSPS) is 11.2. The number of carbonyl (C=O) groups is 1. The van der Waals surface area contributed by atoms with E-state index in [1.807, 2.05) is 24.3 Å². The largest absolute Gasteiger partial charge is 0.497 e. The molecule has 0 fully saturated rings. The van der Waals surface area contributed by atoms with Gasteiger partial charge in [0.05, 0.1) is 12.0 Å². The Bertz CT molecular complexity index is 887. The molecule has 0 spiro atoms. The molecule has 0 bridgehead atoms. The molecule has 0 aliphatic carbocycles. The number of benzene rings is 2. The molecule has 0 radical (unpaired) electrons. The fourth-order valence-corrected chi connectivity index (χ4v) is 3.30. The van der Waals surface area contributed by atoms with Crippen molar-refractivity contribution in [3.63, 3.8) is 0 Å². The third-order valence-electron chi connectivity index (χ3n) is 3.74. The van der Waals surface area contributed by atoms with E-state index < -0.39 is 26.6 Å². The Balaban J connectivity index is 1.73. The highest BCUT2D eigenvalue weighted by Crippen LogP contribution is 2.13. The maximum absolute atomic E-state index is 13.1. The Morgan fingerprint density at radius 1 is 1.04 bits per heavy atom. The summed E-state index contributed by atoms with van der Waals surface area (Å²) in [4.78, 5) is 11.4. The third kappa shape index (κ3) is 6.30. The van der Waals surface area contributed by atoms with E-state index in [0.717, 1.165) is 23.4 Å². The van der Waals surface area contributed by atoms with Crippen molar-refractivity contribution in [2.75, 3.05) is 20.2 Å². The van der Waals surface area contributed by atoms with Gasteiger partial charge in [0.2, 0.25) is 15.9 Å². The molecule has 0 saturated carbocycles. The van der Waals surface area contributed by atoms with Gasteiger partial charge in [-0.25, -0.2) is 21.9 Å². The van der Waals surface area contributed by atoms with Gasteiger partial charge in [0.1, 0.15) is 5.75 Å². The maximum atomic E-state index is 13.1. The predicted molar refractivity (Wildman–Crippen MR) is 95.9 cm³/mol. The van der Waals surface area contributed by atoms with Crippen molar-refractivity contribution in [1.29, 1.82) is 0 Å². The highest BCUT2D eigenvalue weighted by molar-refractivity contribution is 7.89. The van der Waals surface area contributed by atoms with E-state index in [1.54, 1.807) is 7.11 Å². The molecule has 146 valence electrons. The van der Waals surface area contributed by atoms with Gasteiger partial charge in [0.15, 0.2) is 11.6 Å². The summed E-state index contributed by atoms with van der Waals surface area (Å²) in [6.07, 6.45) is 0.543. The molecule has 1 amide bonds. The highest BCUT2D eigenvalue weighted by atomic mass is 32.2. The molecule has 2 aromatic rings. The fourth-order valence-electron chi connectivity index (χ4n) is 2.25. The standard InChI is InChI=1S/C18H20F2N2O4S/c1-26-14-4-2-13(3-5-14)8-10-21-18(23)9-11-22-27(24,25)15-6-7-16(19)17(20)12-15/h2-7,12,22H,8-11H2,1H3,(H,21,23). The van der Waals surface area contributed by atoms with E-state index in [-0.39, 0.29) is 18.9 Å². The summed E-state index contributed by atoms with van der Waals surface area (Å²) in [6, 6.07) is 9.70. The first-order chi connectivity index (χ1) is 12.8. The number of nitrogens with one attached hydrogen (secondary N) is 2. The first-order valence-electron chi connectivity index (χ1n) is 8.16. The molecule has 0 saturated heterocycles. The minimum Gasteiger partial charge on any atom is -0.497 e. The molecular weight excluding hydrogens is 378 g/mol. The maximum Gasteiger partial charge on any atom is 0.240 e. The van der Waals surface area contributed by atoms with Crippen LogP contribution in [-0.2, 0) is 21.2 Å². The summed E-state index contributed by atoms with van der Waals surface area (Å²) < 4.78 is 57.2. The first kappa shape index (κ1) is 20.8. The lowest BCUT2D eigenvalue weighted by atomic mass is 10.1. The van der Waals surface area contributed by atoms with Crippen LogP contribution in [-0.4, -0.2) is 34.5 Å². The number of carbonyl (C=O) groups excluding carboxylic acids is 1. The number of amides is 1.